The van der Waals surface area contributed by atoms with Gasteiger partial charge in [-0.1, -0.05) is 0 Å². The van der Waals surface area contributed by atoms with Gasteiger partial charge in [0, 0.05) is 23.4 Å². The molecule has 5 heteroatoms. The molecule has 0 atom stereocenters. The van der Waals surface area contributed by atoms with E-state index in [1.54, 1.807) is 0 Å². The Balaban J connectivity index is 1.98. The Morgan fingerprint density at radius 2 is 2.28 bits per heavy atom. The summed E-state index contributed by atoms with van der Waals surface area (Å²) in [5, 5.41) is 2.79. The highest BCUT2D eigenvalue weighted by molar-refractivity contribution is 6.18. The molecule has 0 spiro atoms. The molecular weight excluding hydrogens is 257 g/mol. The van der Waals surface area contributed by atoms with E-state index < -0.39 is 5.82 Å². The molecule has 1 fully saturated rings. The number of ether oxygens (including phenoxy) is 1. The molecule has 1 amide bonds. The third-order valence-electron chi connectivity index (χ3n) is 3.28. The van der Waals surface area contributed by atoms with Crippen LogP contribution in [-0.2, 0) is 0 Å². The predicted octanol–water partition coefficient (Wildman–Crippen LogP) is 2.58. The molecule has 0 unspecified atom stereocenters. The van der Waals surface area contributed by atoms with Gasteiger partial charge in [-0.3, -0.25) is 4.79 Å². The quantitative estimate of drug-likeness (QED) is 0.836. The maximum atomic E-state index is 13.4. The van der Waals surface area contributed by atoms with Crippen molar-refractivity contribution in [1.29, 1.82) is 0 Å². The maximum absolute atomic E-state index is 13.4. The van der Waals surface area contributed by atoms with Gasteiger partial charge in [0.1, 0.15) is 0 Å². The van der Waals surface area contributed by atoms with Crippen LogP contribution in [-0.4, -0.2) is 25.4 Å². The zero-order valence-corrected chi connectivity index (χ0v) is 10.9. The van der Waals surface area contributed by atoms with E-state index in [0.29, 0.717) is 18.0 Å². The fourth-order valence-electron chi connectivity index (χ4n) is 1.71. The molecular formula is C13H15ClFNO2. The molecule has 0 heterocycles. The van der Waals surface area contributed by atoms with Gasteiger partial charge in [0.15, 0.2) is 11.6 Å². The molecule has 0 aliphatic heterocycles. The van der Waals surface area contributed by atoms with Crippen molar-refractivity contribution < 1.29 is 13.9 Å². The zero-order chi connectivity index (χ0) is 13.2. The number of rotatable bonds is 5. The summed E-state index contributed by atoms with van der Waals surface area (Å²) in [7, 11) is 1.38. The Hall–Kier alpha value is -1.29. The van der Waals surface area contributed by atoms with Crippen LogP contribution >= 0.6 is 11.6 Å². The maximum Gasteiger partial charge on any atom is 0.251 e. The van der Waals surface area contributed by atoms with Crippen molar-refractivity contribution in [1.82, 2.24) is 5.32 Å². The number of benzene rings is 1. The van der Waals surface area contributed by atoms with Gasteiger partial charge in [0.05, 0.1) is 7.11 Å². The highest BCUT2D eigenvalue weighted by Crippen LogP contribution is 2.45. The van der Waals surface area contributed by atoms with E-state index in [1.807, 2.05) is 0 Å². The van der Waals surface area contributed by atoms with Gasteiger partial charge in [-0.25, -0.2) is 4.39 Å². The first-order chi connectivity index (χ1) is 8.60. The molecule has 1 aliphatic carbocycles. The van der Waals surface area contributed by atoms with E-state index in [9.17, 15) is 9.18 Å². The third kappa shape index (κ3) is 2.75. The number of alkyl halides is 1. The van der Waals surface area contributed by atoms with E-state index in [4.69, 9.17) is 16.3 Å². The van der Waals surface area contributed by atoms with E-state index in [-0.39, 0.29) is 17.1 Å². The van der Waals surface area contributed by atoms with Crippen molar-refractivity contribution in [2.45, 2.75) is 12.8 Å². The largest absolute Gasteiger partial charge is 0.494 e. The summed E-state index contributed by atoms with van der Waals surface area (Å²) >= 11 is 5.82. The van der Waals surface area contributed by atoms with E-state index in [1.165, 1.54) is 25.3 Å². The standard InChI is InChI=1S/C13H15ClFNO2/c1-18-11-3-2-9(6-10(11)15)12(17)16-8-13(7-14)4-5-13/h2-3,6H,4-5,7-8H2,1H3,(H,16,17). The van der Waals surface area contributed by atoms with Crippen LogP contribution in [0, 0.1) is 11.2 Å². The van der Waals surface area contributed by atoms with E-state index in [0.717, 1.165) is 12.8 Å². The molecule has 18 heavy (non-hydrogen) atoms. The highest BCUT2D eigenvalue weighted by atomic mass is 35.5. The lowest BCUT2D eigenvalue weighted by molar-refractivity contribution is 0.0946. The van der Waals surface area contributed by atoms with E-state index >= 15 is 0 Å². The molecule has 2 rings (SSSR count). The molecule has 0 saturated heterocycles. The Labute approximate surface area is 110 Å². The second-order valence-electron chi connectivity index (χ2n) is 4.67. The molecule has 0 bridgehead atoms. The van der Waals surface area contributed by atoms with Gasteiger partial charge in [0.2, 0.25) is 0 Å². The summed E-state index contributed by atoms with van der Waals surface area (Å²) in [5.74, 6) is -0.146. The monoisotopic (exact) mass is 271 g/mol. The average Bonchev–Trinajstić information content (AvgIpc) is 3.16. The fourth-order valence-corrected chi connectivity index (χ4v) is 2.07. The molecule has 1 aromatic rings. The Kier molecular flexibility index (Phi) is 3.76. The first-order valence-electron chi connectivity index (χ1n) is 5.78. The van der Waals surface area contributed by atoms with E-state index in [2.05, 4.69) is 5.32 Å². The molecule has 3 nitrogen and oxygen atoms in total. The Morgan fingerprint density at radius 1 is 1.56 bits per heavy atom. The summed E-state index contributed by atoms with van der Waals surface area (Å²) < 4.78 is 18.2. The fraction of sp³-hybridized carbons (Fsp3) is 0.462. The number of hydrogen-bond acceptors (Lipinski definition) is 2. The van der Waals surface area contributed by atoms with Crippen LogP contribution in [0.5, 0.6) is 5.75 Å². The van der Waals surface area contributed by atoms with Crippen LogP contribution in [0.25, 0.3) is 0 Å². The lowest BCUT2D eigenvalue weighted by atomic mass is 10.1. The van der Waals surface area contributed by atoms with Gasteiger partial charge >= 0.3 is 0 Å². The molecule has 1 aromatic carbocycles. The lowest BCUT2D eigenvalue weighted by Gasteiger charge is -2.12. The van der Waals surface area contributed by atoms with Crippen LogP contribution < -0.4 is 10.1 Å². The molecule has 0 aromatic heterocycles. The second kappa shape index (κ2) is 5.14. The molecule has 1 saturated carbocycles. The average molecular weight is 272 g/mol. The molecule has 1 aliphatic rings. The minimum Gasteiger partial charge on any atom is -0.494 e. The van der Waals surface area contributed by atoms with Crippen molar-refractivity contribution in [2.24, 2.45) is 5.41 Å². The van der Waals surface area contributed by atoms with Gasteiger partial charge in [-0.05, 0) is 31.0 Å². The van der Waals surface area contributed by atoms with Gasteiger partial charge in [-0.2, -0.15) is 0 Å². The topological polar surface area (TPSA) is 38.3 Å². The minimum atomic E-state index is -0.538. The van der Waals surface area contributed by atoms with Crippen molar-refractivity contribution in [3.8, 4) is 5.75 Å². The number of hydrogen-bond donors (Lipinski definition) is 1. The SMILES string of the molecule is COc1ccc(C(=O)NCC2(CCl)CC2)cc1F. The van der Waals surface area contributed by atoms with Crippen molar-refractivity contribution in [3.05, 3.63) is 29.6 Å². The van der Waals surface area contributed by atoms with Gasteiger partial charge < -0.3 is 10.1 Å². The number of halogens is 2. The number of carbonyl (C=O) groups excluding carboxylic acids is 1. The number of amides is 1. The number of carbonyl (C=O) groups is 1. The normalized spacial score (nSPS) is 16.2. The van der Waals surface area contributed by atoms with Crippen molar-refractivity contribution >= 4 is 17.5 Å². The Morgan fingerprint density at radius 3 is 2.78 bits per heavy atom. The lowest BCUT2D eigenvalue weighted by Crippen LogP contribution is -2.31. The summed E-state index contributed by atoms with van der Waals surface area (Å²) in [6.07, 6.45) is 2.07. The number of methoxy groups -OCH3 is 1. The van der Waals surface area contributed by atoms with Crippen molar-refractivity contribution in [3.63, 3.8) is 0 Å². The summed E-state index contributed by atoms with van der Waals surface area (Å²) in [6.45, 7) is 0.545. The first kappa shape index (κ1) is 13.1. The molecule has 1 N–H and O–H groups in total. The van der Waals surface area contributed by atoms with Gasteiger partial charge in [0.25, 0.3) is 5.91 Å². The molecule has 0 radical (unpaired) electrons. The second-order valence-corrected chi connectivity index (χ2v) is 4.93. The van der Waals surface area contributed by atoms with Crippen LogP contribution in [0.15, 0.2) is 18.2 Å². The number of nitrogens with one attached hydrogen (secondary N) is 1. The van der Waals surface area contributed by atoms with Crippen molar-refractivity contribution in [2.75, 3.05) is 19.5 Å². The van der Waals surface area contributed by atoms with Crippen LogP contribution in [0.3, 0.4) is 0 Å². The van der Waals surface area contributed by atoms with Crippen LogP contribution in [0.4, 0.5) is 4.39 Å². The minimum absolute atomic E-state index is 0.0578. The predicted molar refractivity (Wildman–Crippen MR) is 67.7 cm³/mol. The highest BCUT2D eigenvalue weighted by Gasteiger charge is 2.41. The zero-order valence-electron chi connectivity index (χ0n) is 10.1. The summed E-state index contributed by atoms with van der Waals surface area (Å²) in [6, 6.07) is 4.16. The first-order valence-corrected chi connectivity index (χ1v) is 6.31. The van der Waals surface area contributed by atoms with Crippen LogP contribution in [0.2, 0.25) is 0 Å². The summed E-state index contributed by atoms with van der Waals surface area (Å²) in [4.78, 5) is 11.8. The molecule has 98 valence electrons. The smallest absolute Gasteiger partial charge is 0.251 e. The third-order valence-corrected chi connectivity index (χ3v) is 3.85. The van der Waals surface area contributed by atoms with Gasteiger partial charge in [-0.15, -0.1) is 11.6 Å². The Bertz CT molecular complexity index is 460. The summed E-state index contributed by atoms with van der Waals surface area (Å²) in [5.41, 5.74) is 0.348. The van der Waals surface area contributed by atoms with Crippen LogP contribution in [0.1, 0.15) is 23.2 Å².